The van der Waals surface area contributed by atoms with E-state index in [0.717, 1.165) is 6.07 Å². The second kappa shape index (κ2) is 5.25. The van der Waals surface area contributed by atoms with Crippen LogP contribution in [0.15, 0.2) is 37.6 Å². The van der Waals surface area contributed by atoms with Gasteiger partial charge in [0.1, 0.15) is 5.76 Å². The van der Waals surface area contributed by atoms with Crippen LogP contribution in [-0.4, -0.2) is 11.1 Å². The summed E-state index contributed by atoms with van der Waals surface area (Å²) in [4.78, 5) is 10.7. The van der Waals surface area contributed by atoms with Gasteiger partial charge in [0.2, 0.25) is 5.76 Å². The van der Waals surface area contributed by atoms with E-state index in [4.69, 9.17) is 9.52 Å². The van der Waals surface area contributed by atoms with Gasteiger partial charge < -0.3 is 9.52 Å². The molecule has 0 aliphatic carbocycles. The number of carbonyl (C=O) groups is 1. The van der Waals surface area contributed by atoms with Gasteiger partial charge in [-0.3, -0.25) is 0 Å². The van der Waals surface area contributed by atoms with Crippen LogP contribution in [0.1, 0.15) is 16.1 Å². The molecule has 0 bridgehead atoms. The molecule has 0 atom stereocenters. The van der Waals surface area contributed by atoms with Crippen molar-refractivity contribution in [3.8, 4) is 11.3 Å². The first-order chi connectivity index (χ1) is 9.20. The highest BCUT2D eigenvalue weighted by atomic mass is 79.9. The maximum atomic E-state index is 12.8. The third-order valence-corrected chi connectivity index (χ3v) is 3.76. The van der Waals surface area contributed by atoms with Gasteiger partial charge in [-0.25, -0.2) is 4.79 Å². The minimum absolute atomic E-state index is 0.0345. The van der Waals surface area contributed by atoms with Gasteiger partial charge >= 0.3 is 12.1 Å². The first-order valence-electron chi connectivity index (χ1n) is 5.10. The molecule has 1 aromatic heterocycles. The molecule has 0 spiro atoms. The Labute approximate surface area is 127 Å². The van der Waals surface area contributed by atoms with E-state index in [1.807, 2.05) is 0 Å². The Balaban J connectivity index is 2.58. The zero-order valence-corrected chi connectivity index (χ0v) is 12.6. The molecule has 1 N–H and O–H groups in total. The van der Waals surface area contributed by atoms with Crippen molar-refractivity contribution in [1.29, 1.82) is 0 Å². The first-order valence-corrected chi connectivity index (χ1v) is 6.68. The van der Waals surface area contributed by atoms with E-state index >= 15 is 0 Å². The molecule has 0 fully saturated rings. The van der Waals surface area contributed by atoms with Crippen LogP contribution in [0.3, 0.4) is 0 Å². The number of aromatic carboxylic acids is 1. The van der Waals surface area contributed by atoms with E-state index in [0.29, 0.717) is 4.47 Å². The van der Waals surface area contributed by atoms with Crippen molar-refractivity contribution in [2.75, 3.05) is 0 Å². The Bertz CT molecular complexity index is 677. The Morgan fingerprint density at radius 2 is 1.80 bits per heavy atom. The third kappa shape index (κ3) is 2.90. The molecule has 8 heteroatoms. The number of benzene rings is 1. The topological polar surface area (TPSA) is 50.4 Å². The highest BCUT2D eigenvalue weighted by Crippen LogP contribution is 2.41. The average Bonchev–Trinajstić information content (AvgIpc) is 2.76. The Kier molecular flexibility index (Phi) is 3.97. The van der Waals surface area contributed by atoms with Crippen LogP contribution in [0.2, 0.25) is 0 Å². The molecule has 2 aromatic rings. The molecule has 0 saturated heterocycles. The van der Waals surface area contributed by atoms with Crippen LogP contribution < -0.4 is 0 Å². The van der Waals surface area contributed by atoms with Crippen LogP contribution in [0.4, 0.5) is 13.2 Å². The lowest BCUT2D eigenvalue weighted by Crippen LogP contribution is -2.06. The third-order valence-electron chi connectivity index (χ3n) is 2.44. The summed E-state index contributed by atoms with van der Waals surface area (Å²) in [5, 5.41) is 8.75. The first kappa shape index (κ1) is 15.1. The van der Waals surface area contributed by atoms with Gasteiger partial charge in [-0.2, -0.15) is 13.2 Å². The molecule has 20 heavy (non-hydrogen) atoms. The standard InChI is InChI=1S/C12H5Br2F3O3/c13-7-4-8(14)6(12(15,16)17)3-5(7)9-1-2-10(20-9)11(18)19/h1-4H,(H,18,19). The van der Waals surface area contributed by atoms with Gasteiger partial charge in [0, 0.05) is 14.5 Å². The predicted molar refractivity (Wildman–Crippen MR) is 71.5 cm³/mol. The number of rotatable bonds is 2. The van der Waals surface area contributed by atoms with Gasteiger partial charge in [-0.05, 0) is 40.2 Å². The van der Waals surface area contributed by atoms with Gasteiger partial charge in [0.25, 0.3) is 0 Å². The smallest absolute Gasteiger partial charge is 0.417 e. The zero-order chi connectivity index (χ0) is 15.1. The fraction of sp³-hybridized carbons (Fsp3) is 0.0833. The van der Waals surface area contributed by atoms with Crippen LogP contribution in [0.5, 0.6) is 0 Å². The largest absolute Gasteiger partial charge is 0.475 e. The van der Waals surface area contributed by atoms with Gasteiger partial charge in [-0.1, -0.05) is 15.9 Å². The minimum atomic E-state index is -4.53. The van der Waals surface area contributed by atoms with E-state index in [2.05, 4.69) is 31.9 Å². The maximum Gasteiger partial charge on any atom is 0.417 e. The lowest BCUT2D eigenvalue weighted by atomic mass is 10.1. The molecule has 0 saturated carbocycles. The second-order valence-electron chi connectivity index (χ2n) is 3.78. The van der Waals surface area contributed by atoms with Crippen molar-refractivity contribution in [2.45, 2.75) is 6.18 Å². The molecule has 1 heterocycles. The summed E-state index contributed by atoms with van der Waals surface area (Å²) in [5.74, 6) is -1.60. The summed E-state index contributed by atoms with van der Waals surface area (Å²) in [7, 11) is 0. The average molecular weight is 414 g/mol. The van der Waals surface area contributed by atoms with Crippen molar-refractivity contribution in [3.63, 3.8) is 0 Å². The normalized spacial score (nSPS) is 11.7. The monoisotopic (exact) mass is 412 g/mol. The molecule has 2 rings (SSSR count). The molecule has 0 aliphatic rings. The summed E-state index contributed by atoms with van der Waals surface area (Å²) in [6.45, 7) is 0. The quantitative estimate of drug-likeness (QED) is 0.737. The van der Waals surface area contributed by atoms with E-state index < -0.39 is 17.7 Å². The second-order valence-corrected chi connectivity index (χ2v) is 5.49. The van der Waals surface area contributed by atoms with Crippen molar-refractivity contribution in [2.24, 2.45) is 0 Å². The van der Waals surface area contributed by atoms with Crippen molar-refractivity contribution in [1.82, 2.24) is 0 Å². The number of alkyl halides is 3. The Hall–Kier alpha value is -1.28. The van der Waals surface area contributed by atoms with Gasteiger partial charge in [0.15, 0.2) is 0 Å². The van der Waals surface area contributed by atoms with E-state index in [1.165, 1.54) is 18.2 Å². The van der Waals surface area contributed by atoms with Gasteiger partial charge in [0.05, 0.1) is 5.56 Å². The number of hydrogen-bond donors (Lipinski definition) is 1. The summed E-state index contributed by atoms with van der Waals surface area (Å²) in [6, 6.07) is 4.61. The number of furan rings is 1. The zero-order valence-electron chi connectivity index (χ0n) is 9.46. The van der Waals surface area contributed by atoms with Crippen molar-refractivity contribution in [3.05, 3.63) is 44.5 Å². The number of halogens is 5. The molecular formula is C12H5Br2F3O3. The van der Waals surface area contributed by atoms with Crippen LogP contribution in [0, 0.1) is 0 Å². The molecule has 0 amide bonds. The number of hydrogen-bond acceptors (Lipinski definition) is 2. The molecule has 3 nitrogen and oxygen atoms in total. The highest BCUT2D eigenvalue weighted by Gasteiger charge is 2.34. The molecule has 1 aromatic carbocycles. The maximum absolute atomic E-state index is 12.8. The summed E-state index contributed by atoms with van der Waals surface area (Å²) in [5.41, 5.74) is -0.753. The van der Waals surface area contributed by atoms with Crippen LogP contribution in [0.25, 0.3) is 11.3 Å². The van der Waals surface area contributed by atoms with E-state index in [1.54, 1.807) is 0 Å². The molecule has 0 radical (unpaired) electrons. The highest BCUT2D eigenvalue weighted by molar-refractivity contribution is 9.11. The number of carboxylic acid groups (broad SMARTS) is 1. The minimum Gasteiger partial charge on any atom is -0.475 e. The van der Waals surface area contributed by atoms with Gasteiger partial charge in [-0.15, -0.1) is 0 Å². The number of carboxylic acids is 1. The van der Waals surface area contributed by atoms with Crippen LogP contribution in [-0.2, 0) is 6.18 Å². The fourth-order valence-corrected chi connectivity index (χ4v) is 2.97. The van der Waals surface area contributed by atoms with Crippen LogP contribution >= 0.6 is 31.9 Å². The molecule has 0 unspecified atom stereocenters. The summed E-state index contributed by atoms with van der Waals surface area (Å²) >= 11 is 5.97. The Morgan fingerprint density at radius 1 is 1.15 bits per heavy atom. The fourth-order valence-electron chi connectivity index (χ4n) is 1.55. The SMILES string of the molecule is O=C(O)c1ccc(-c2cc(C(F)(F)F)c(Br)cc2Br)o1. The summed E-state index contributed by atoms with van der Waals surface area (Å²) in [6.07, 6.45) is -4.53. The lowest BCUT2D eigenvalue weighted by Gasteiger charge is -2.11. The lowest BCUT2D eigenvalue weighted by molar-refractivity contribution is -0.138. The Morgan fingerprint density at radius 3 is 2.30 bits per heavy atom. The molecule has 0 aliphatic heterocycles. The summed E-state index contributed by atoms with van der Waals surface area (Å²) < 4.78 is 43.8. The molecular weight excluding hydrogens is 409 g/mol. The van der Waals surface area contributed by atoms with Crippen molar-refractivity contribution >= 4 is 37.8 Å². The van der Waals surface area contributed by atoms with E-state index in [9.17, 15) is 18.0 Å². The van der Waals surface area contributed by atoms with E-state index in [-0.39, 0.29) is 21.6 Å². The molecule has 106 valence electrons. The van der Waals surface area contributed by atoms with Crippen molar-refractivity contribution < 1.29 is 27.5 Å². The predicted octanol–water partition coefficient (Wildman–Crippen LogP) is 5.19.